The molecule has 96 valence electrons. The van der Waals surface area contributed by atoms with E-state index in [4.69, 9.17) is 10.5 Å². The van der Waals surface area contributed by atoms with Crippen molar-refractivity contribution in [2.45, 2.75) is 6.42 Å². The van der Waals surface area contributed by atoms with Crippen LogP contribution in [0, 0.1) is 5.92 Å². The number of hydrogen-bond acceptors (Lipinski definition) is 3. The maximum Gasteiger partial charge on any atom is 0.122 e. The zero-order valence-electron chi connectivity index (χ0n) is 10.6. The number of ether oxygens (including phenoxy) is 1. The Morgan fingerprint density at radius 2 is 2.00 bits per heavy atom. The topological polar surface area (TPSA) is 55.5 Å². The van der Waals surface area contributed by atoms with Crippen LogP contribution in [0.15, 0.2) is 36.4 Å². The van der Waals surface area contributed by atoms with Crippen LogP contribution in [-0.2, 0) is 6.42 Å². The molecule has 0 aliphatic carbocycles. The Kier molecular flexibility index (Phi) is 4.18. The van der Waals surface area contributed by atoms with Gasteiger partial charge in [-0.1, -0.05) is 30.3 Å². The normalized spacial score (nSPS) is 12.6. The van der Waals surface area contributed by atoms with Gasteiger partial charge in [-0.3, -0.25) is 0 Å². The van der Waals surface area contributed by atoms with E-state index in [1.54, 1.807) is 7.11 Å². The van der Waals surface area contributed by atoms with E-state index in [1.807, 2.05) is 24.3 Å². The first-order valence-electron chi connectivity index (χ1n) is 6.15. The summed E-state index contributed by atoms with van der Waals surface area (Å²) in [6.45, 7) is 0.575. The molecule has 2 rings (SSSR count). The summed E-state index contributed by atoms with van der Waals surface area (Å²) in [5.41, 5.74) is 6.79. The molecule has 3 heteroatoms. The summed E-state index contributed by atoms with van der Waals surface area (Å²) in [5.74, 6) is 0.935. The van der Waals surface area contributed by atoms with Crippen molar-refractivity contribution in [3.8, 4) is 5.75 Å². The van der Waals surface area contributed by atoms with Crippen LogP contribution in [0.5, 0.6) is 5.75 Å². The molecule has 0 aliphatic heterocycles. The molecule has 2 aromatic carbocycles. The molecule has 1 unspecified atom stereocenters. The van der Waals surface area contributed by atoms with E-state index in [-0.39, 0.29) is 12.5 Å². The molecule has 0 saturated carbocycles. The third-order valence-corrected chi connectivity index (χ3v) is 3.30. The number of fused-ring (bicyclic) bond motifs is 1. The second kappa shape index (κ2) is 5.85. The fourth-order valence-corrected chi connectivity index (χ4v) is 2.23. The quantitative estimate of drug-likeness (QED) is 0.846. The first kappa shape index (κ1) is 12.9. The molecule has 3 nitrogen and oxygen atoms in total. The number of rotatable bonds is 5. The van der Waals surface area contributed by atoms with Gasteiger partial charge in [0.1, 0.15) is 5.75 Å². The minimum absolute atomic E-state index is 0.0738. The van der Waals surface area contributed by atoms with Crippen molar-refractivity contribution in [3.05, 3.63) is 42.0 Å². The molecule has 0 aliphatic rings. The highest BCUT2D eigenvalue weighted by Crippen LogP contribution is 2.29. The Morgan fingerprint density at radius 1 is 1.22 bits per heavy atom. The Morgan fingerprint density at radius 3 is 2.67 bits per heavy atom. The molecular formula is C15H19NO2. The van der Waals surface area contributed by atoms with Crippen molar-refractivity contribution >= 4 is 10.8 Å². The Balaban J connectivity index is 2.50. The van der Waals surface area contributed by atoms with Crippen molar-refractivity contribution in [1.82, 2.24) is 0 Å². The third-order valence-electron chi connectivity index (χ3n) is 3.30. The fraction of sp³-hybridized carbons (Fsp3) is 0.333. The van der Waals surface area contributed by atoms with Gasteiger partial charge in [0.15, 0.2) is 0 Å². The molecule has 1 atom stereocenters. The van der Waals surface area contributed by atoms with E-state index in [9.17, 15) is 5.11 Å². The van der Waals surface area contributed by atoms with Gasteiger partial charge in [-0.05, 0) is 35.7 Å². The lowest BCUT2D eigenvalue weighted by molar-refractivity contribution is 0.229. The van der Waals surface area contributed by atoms with Gasteiger partial charge in [0.2, 0.25) is 0 Å². The fourth-order valence-electron chi connectivity index (χ4n) is 2.23. The van der Waals surface area contributed by atoms with Gasteiger partial charge < -0.3 is 15.6 Å². The number of benzene rings is 2. The van der Waals surface area contributed by atoms with E-state index < -0.39 is 0 Å². The predicted molar refractivity (Wildman–Crippen MR) is 73.8 cm³/mol. The van der Waals surface area contributed by atoms with Gasteiger partial charge in [-0.25, -0.2) is 0 Å². The summed E-state index contributed by atoms with van der Waals surface area (Å²) in [6.07, 6.45) is 0.734. The zero-order chi connectivity index (χ0) is 13.0. The maximum absolute atomic E-state index is 9.30. The lowest BCUT2D eigenvalue weighted by Gasteiger charge is -2.16. The zero-order valence-corrected chi connectivity index (χ0v) is 10.6. The number of aliphatic hydroxyl groups excluding tert-OH is 1. The van der Waals surface area contributed by atoms with Crippen molar-refractivity contribution in [2.24, 2.45) is 11.7 Å². The average molecular weight is 245 g/mol. The first-order chi connectivity index (χ1) is 8.80. The number of hydrogen-bond donors (Lipinski definition) is 2. The number of aliphatic hydroxyl groups is 1. The Bertz CT molecular complexity index is 521. The summed E-state index contributed by atoms with van der Waals surface area (Å²) in [4.78, 5) is 0. The smallest absolute Gasteiger partial charge is 0.122 e. The number of methoxy groups -OCH3 is 1. The molecule has 18 heavy (non-hydrogen) atoms. The Hall–Kier alpha value is -1.58. The Labute approximate surface area is 107 Å². The molecule has 0 heterocycles. The lowest BCUT2D eigenvalue weighted by atomic mass is 9.94. The van der Waals surface area contributed by atoms with E-state index in [0.717, 1.165) is 17.7 Å². The van der Waals surface area contributed by atoms with Crippen LogP contribution in [0.3, 0.4) is 0 Å². The highest BCUT2D eigenvalue weighted by molar-refractivity contribution is 5.87. The monoisotopic (exact) mass is 245 g/mol. The molecule has 2 aromatic rings. The van der Waals surface area contributed by atoms with Crippen LogP contribution in [0.2, 0.25) is 0 Å². The van der Waals surface area contributed by atoms with E-state index in [2.05, 4.69) is 12.1 Å². The maximum atomic E-state index is 9.30. The second-order valence-electron chi connectivity index (χ2n) is 4.46. The van der Waals surface area contributed by atoms with Crippen LogP contribution < -0.4 is 10.5 Å². The summed E-state index contributed by atoms with van der Waals surface area (Å²) < 4.78 is 5.42. The molecule has 0 bridgehead atoms. The first-order valence-corrected chi connectivity index (χ1v) is 6.15. The molecule has 0 fully saturated rings. The summed E-state index contributed by atoms with van der Waals surface area (Å²) in [5, 5.41) is 11.7. The van der Waals surface area contributed by atoms with Crippen LogP contribution in [-0.4, -0.2) is 25.4 Å². The van der Waals surface area contributed by atoms with Gasteiger partial charge >= 0.3 is 0 Å². The van der Waals surface area contributed by atoms with Gasteiger partial charge in [0.25, 0.3) is 0 Å². The molecule has 0 aromatic heterocycles. The predicted octanol–water partition coefficient (Wildman–Crippen LogP) is 1.96. The van der Waals surface area contributed by atoms with Gasteiger partial charge in [0, 0.05) is 12.2 Å². The second-order valence-corrected chi connectivity index (χ2v) is 4.46. The largest absolute Gasteiger partial charge is 0.496 e. The molecule has 0 saturated heterocycles. The standard InChI is InChI=1S/C15H19NO2/c1-18-15-7-6-12-4-2-3-5-13(12)14(15)8-11(9-16)10-17/h2-7,11,17H,8-10,16H2,1H3. The SMILES string of the molecule is COc1ccc2ccccc2c1CC(CN)CO. The van der Waals surface area contributed by atoms with Crippen LogP contribution >= 0.6 is 0 Å². The van der Waals surface area contributed by atoms with E-state index in [0.29, 0.717) is 6.54 Å². The van der Waals surface area contributed by atoms with Gasteiger partial charge in [-0.2, -0.15) is 0 Å². The van der Waals surface area contributed by atoms with Gasteiger partial charge in [0.05, 0.1) is 7.11 Å². The molecule has 3 N–H and O–H groups in total. The van der Waals surface area contributed by atoms with Crippen molar-refractivity contribution in [1.29, 1.82) is 0 Å². The van der Waals surface area contributed by atoms with Crippen LogP contribution in [0.1, 0.15) is 5.56 Å². The van der Waals surface area contributed by atoms with Crippen LogP contribution in [0.4, 0.5) is 0 Å². The van der Waals surface area contributed by atoms with Crippen molar-refractivity contribution < 1.29 is 9.84 Å². The highest BCUT2D eigenvalue weighted by atomic mass is 16.5. The third kappa shape index (κ3) is 2.47. The molecule has 0 spiro atoms. The molecular weight excluding hydrogens is 226 g/mol. The van der Waals surface area contributed by atoms with E-state index >= 15 is 0 Å². The number of nitrogens with two attached hydrogens (primary N) is 1. The highest BCUT2D eigenvalue weighted by Gasteiger charge is 2.13. The van der Waals surface area contributed by atoms with Gasteiger partial charge in [-0.15, -0.1) is 0 Å². The minimum Gasteiger partial charge on any atom is -0.496 e. The summed E-state index contributed by atoms with van der Waals surface area (Å²) in [6, 6.07) is 12.2. The van der Waals surface area contributed by atoms with Crippen molar-refractivity contribution in [3.63, 3.8) is 0 Å². The molecule has 0 amide bonds. The van der Waals surface area contributed by atoms with Crippen LogP contribution in [0.25, 0.3) is 10.8 Å². The lowest BCUT2D eigenvalue weighted by Crippen LogP contribution is -2.20. The van der Waals surface area contributed by atoms with E-state index in [1.165, 1.54) is 10.8 Å². The van der Waals surface area contributed by atoms with Crippen molar-refractivity contribution in [2.75, 3.05) is 20.3 Å². The minimum atomic E-state index is 0.0738. The average Bonchev–Trinajstić information content (AvgIpc) is 2.44. The summed E-state index contributed by atoms with van der Waals surface area (Å²) in [7, 11) is 1.67. The summed E-state index contributed by atoms with van der Waals surface area (Å²) >= 11 is 0. The molecule has 0 radical (unpaired) electrons.